The average Bonchev–Trinajstić information content (AvgIpc) is 3.01. The quantitative estimate of drug-likeness (QED) is 0.592. The zero-order chi connectivity index (χ0) is 18.2. The van der Waals surface area contributed by atoms with Crippen LogP contribution in [0.1, 0.15) is 25.3 Å². The fourth-order valence-electron chi connectivity index (χ4n) is 2.73. The topological polar surface area (TPSA) is 99.5 Å². The highest BCUT2D eigenvalue weighted by Crippen LogP contribution is 2.28. The lowest BCUT2D eigenvalue weighted by Gasteiger charge is -2.19. The van der Waals surface area contributed by atoms with E-state index in [1.165, 1.54) is 0 Å². The maximum absolute atomic E-state index is 12.3. The number of ether oxygens (including phenoxy) is 1. The Kier molecular flexibility index (Phi) is 6.52. The first-order valence-corrected chi connectivity index (χ1v) is 8.25. The number of carbonyl (C=O) groups is 3. The van der Waals surface area contributed by atoms with Gasteiger partial charge >= 0.3 is 5.97 Å². The number of amides is 2. The third kappa shape index (κ3) is 4.80. The van der Waals surface area contributed by atoms with Gasteiger partial charge in [0.25, 0.3) is 5.91 Å². The van der Waals surface area contributed by atoms with Gasteiger partial charge < -0.3 is 15.0 Å². The molecule has 1 heterocycles. The molecule has 25 heavy (non-hydrogen) atoms. The summed E-state index contributed by atoms with van der Waals surface area (Å²) < 4.78 is 4.99. The first kappa shape index (κ1) is 18.5. The fourth-order valence-corrected chi connectivity index (χ4v) is 2.73. The Bertz CT molecular complexity index is 696. The van der Waals surface area contributed by atoms with Crippen LogP contribution in [-0.4, -0.2) is 37.5 Å². The Balaban J connectivity index is 1.90. The minimum atomic E-state index is -0.579. The first-order chi connectivity index (χ1) is 12.1. The zero-order valence-electron chi connectivity index (χ0n) is 14.2. The second kappa shape index (κ2) is 8.83. The molecule has 2 rings (SSSR count). The van der Waals surface area contributed by atoms with Crippen LogP contribution in [0.4, 0.5) is 5.69 Å². The van der Waals surface area contributed by atoms with Crippen LogP contribution in [0.25, 0.3) is 0 Å². The number of aryl methyl sites for hydroxylation is 1. The minimum absolute atomic E-state index is 0.0763. The van der Waals surface area contributed by atoms with Gasteiger partial charge in [-0.1, -0.05) is 25.1 Å². The van der Waals surface area contributed by atoms with E-state index in [0.717, 1.165) is 17.7 Å². The van der Waals surface area contributed by atoms with Crippen molar-refractivity contribution in [2.45, 2.75) is 26.2 Å². The van der Waals surface area contributed by atoms with E-state index < -0.39 is 24.4 Å². The van der Waals surface area contributed by atoms with Crippen LogP contribution in [0.3, 0.4) is 0 Å². The van der Waals surface area contributed by atoms with E-state index in [4.69, 9.17) is 10.00 Å². The summed E-state index contributed by atoms with van der Waals surface area (Å²) in [5.41, 5.74) is 1.86. The van der Waals surface area contributed by atoms with E-state index in [2.05, 4.69) is 5.32 Å². The van der Waals surface area contributed by atoms with Gasteiger partial charge in [0.2, 0.25) is 5.91 Å². The molecule has 2 amide bonds. The predicted molar refractivity (Wildman–Crippen MR) is 90.5 cm³/mol. The van der Waals surface area contributed by atoms with Crippen molar-refractivity contribution in [3.63, 3.8) is 0 Å². The predicted octanol–water partition coefficient (Wildman–Crippen LogP) is 1.17. The number of carbonyl (C=O) groups excluding carboxylic acids is 3. The van der Waals surface area contributed by atoms with Crippen molar-refractivity contribution in [2.24, 2.45) is 5.92 Å². The fraction of sp³-hybridized carbons (Fsp3) is 0.444. The molecule has 0 aromatic heterocycles. The van der Waals surface area contributed by atoms with E-state index >= 15 is 0 Å². The van der Waals surface area contributed by atoms with Crippen LogP contribution in [0.15, 0.2) is 24.3 Å². The number of benzene rings is 1. The molecule has 1 N–H and O–H groups in total. The number of esters is 1. The highest BCUT2D eigenvalue weighted by Gasteiger charge is 2.36. The van der Waals surface area contributed by atoms with Gasteiger partial charge in [-0.3, -0.25) is 14.4 Å². The van der Waals surface area contributed by atoms with Crippen molar-refractivity contribution in [1.29, 1.82) is 5.26 Å². The van der Waals surface area contributed by atoms with Crippen LogP contribution in [0, 0.1) is 17.2 Å². The number of hydrogen-bond donors (Lipinski definition) is 1. The third-order valence-electron chi connectivity index (χ3n) is 4.03. The summed E-state index contributed by atoms with van der Waals surface area (Å²) in [7, 11) is 0. The van der Waals surface area contributed by atoms with Crippen molar-refractivity contribution in [3.05, 3.63) is 29.8 Å². The standard InChI is InChI=1S/C18H21N3O4/c1-2-13-6-3-4-7-15(13)21-11-14(10-17(21)23)18(24)25-12-16(22)20-9-5-8-19/h3-4,6-7,14H,2,5,9-12H2,1H3,(H,20,22)/t14-/m1/s1. The molecule has 7 nitrogen and oxygen atoms in total. The Morgan fingerprint density at radius 1 is 1.40 bits per heavy atom. The summed E-state index contributed by atoms with van der Waals surface area (Å²) in [5, 5.41) is 10.9. The molecule has 132 valence electrons. The van der Waals surface area contributed by atoms with Crippen LogP contribution >= 0.6 is 0 Å². The maximum Gasteiger partial charge on any atom is 0.311 e. The second-order valence-electron chi connectivity index (χ2n) is 5.75. The molecule has 1 fully saturated rings. The van der Waals surface area contributed by atoms with Crippen LogP contribution in [-0.2, 0) is 25.5 Å². The van der Waals surface area contributed by atoms with Gasteiger partial charge in [0.1, 0.15) is 0 Å². The molecular weight excluding hydrogens is 322 g/mol. The van der Waals surface area contributed by atoms with Gasteiger partial charge in [0, 0.05) is 25.2 Å². The lowest BCUT2D eigenvalue weighted by atomic mass is 10.1. The number of rotatable bonds is 7. The Morgan fingerprint density at radius 2 is 2.16 bits per heavy atom. The zero-order valence-corrected chi connectivity index (χ0v) is 14.2. The normalized spacial score (nSPS) is 16.4. The molecule has 0 bridgehead atoms. The van der Waals surface area contributed by atoms with Gasteiger partial charge in [-0.05, 0) is 18.1 Å². The summed E-state index contributed by atoms with van der Waals surface area (Å²) in [6, 6.07) is 9.50. The van der Waals surface area contributed by atoms with Crippen LogP contribution < -0.4 is 10.2 Å². The number of nitrogens with one attached hydrogen (secondary N) is 1. The first-order valence-electron chi connectivity index (χ1n) is 8.25. The van der Waals surface area contributed by atoms with Gasteiger partial charge in [-0.15, -0.1) is 0 Å². The minimum Gasteiger partial charge on any atom is -0.455 e. The molecule has 1 aromatic rings. The van der Waals surface area contributed by atoms with Crippen molar-refractivity contribution < 1.29 is 19.1 Å². The molecule has 0 unspecified atom stereocenters. The van der Waals surface area contributed by atoms with Gasteiger partial charge in [-0.25, -0.2) is 0 Å². The molecule has 1 aliphatic heterocycles. The number of hydrogen-bond acceptors (Lipinski definition) is 5. The van der Waals surface area contributed by atoms with Gasteiger partial charge in [0.15, 0.2) is 6.61 Å². The second-order valence-corrected chi connectivity index (χ2v) is 5.75. The maximum atomic E-state index is 12.3. The Labute approximate surface area is 146 Å². The highest BCUT2D eigenvalue weighted by atomic mass is 16.5. The number of anilines is 1. The van der Waals surface area contributed by atoms with Crippen LogP contribution in [0.2, 0.25) is 0 Å². The molecule has 0 aliphatic carbocycles. The monoisotopic (exact) mass is 343 g/mol. The lowest BCUT2D eigenvalue weighted by Crippen LogP contribution is -2.31. The summed E-state index contributed by atoms with van der Waals surface area (Å²) in [6.07, 6.45) is 1.06. The summed E-state index contributed by atoms with van der Waals surface area (Å²) in [4.78, 5) is 37.5. The molecule has 0 spiro atoms. The van der Waals surface area contributed by atoms with E-state index in [1.807, 2.05) is 37.3 Å². The largest absolute Gasteiger partial charge is 0.455 e. The summed E-state index contributed by atoms with van der Waals surface area (Å²) >= 11 is 0. The van der Waals surface area contributed by atoms with E-state index in [0.29, 0.717) is 0 Å². The lowest BCUT2D eigenvalue weighted by molar-refractivity contribution is -0.152. The Hall–Kier alpha value is -2.88. The van der Waals surface area contributed by atoms with Gasteiger partial charge in [0.05, 0.1) is 18.4 Å². The van der Waals surface area contributed by atoms with E-state index in [-0.39, 0.29) is 31.8 Å². The van der Waals surface area contributed by atoms with Crippen molar-refractivity contribution in [3.8, 4) is 6.07 Å². The third-order valence-corrected chi connectivity index (χ3v) is 4.03. The highest BCUT2D eigenvalue weighted by molar-refractivity contribution is 6.00. The number of nitriles is 1. The molecule has 1 aliphatic rings. The number of nitrogens with zero attached hydrogens (tertiary/aromatic N) is 2. The average molecular weight is 343 g/mol. The van der Waals surface area contributed by atoms with Crippen LogP contribution in [0.5, 0.6) is 0 Å². The van der Waals surface area contributed by atoms with E-state index in [9.17, 15) is 14.4 Å². The molecule has 0 saturated carbocycles. The van der Waals surface area contributed by atoms with Crippen molar-refractivity contribution in [1.82, 2.24) is 5.32 Å². The molecule has 1 saturated heterocycles. The summed E-state index contributed by atoms with van der Waals surface area (Å²) in [6.45, 7) is 2.08. The number of para-hydroxylation sites is 1. The molecule has 1 atom stereocenters. The summed E-state index contributed by atoms with van der Waals surface area (Å²) in [5.74, 6) is -1.72. The molecule has 7 heteroatoms. The molecule has 0 radical (unpaired) electrons. The molecular formula is C18H21N3O4. The van der Waals surface area contributed by atoms with Crippen molar-refractivity contribution in [2.75, 3.05) is 24.6 Å². The smallest absolute Gasteiger partial charge is 0.311 e. The van der Waals surface area contributed by atoms with Gasteiger partial charge in [-0.2, -0.15) is 5.26 Å². The SMILES string of the molecule is CCc1ccccc1N1C[C@H](C(=O)OCC(=O)NCCC#N)CC1=O. The Morgan fingerprint density at radius 3 is 2.88 bits per heavy atom. The molecule has 1 aromatic carbocycles. The van der Waals surface area contributed by atoms with E-state index in [1.54, 1.807) is 4.90 Å². The van der Waals surface area contributed by atoms with Crippen molar-refractivity contribution >= 4 is 23.5 Å².